The molecule has 0 saturated carbocycles. The zero-order valence-corrected chi connectivity index (χ0v) is 9.92. The molecule has 0 bridgehead atoms. The summed E-state index contributed by atoms with van der Waals surface area (Å²) in [4.78, 5) is 13.3. The zero-order valence-electron chi connectivity index (χ0n) is 9.16. The number of hydrogen-bond acceptors (Lipinski definition) is 4. The molecule has 2 heterocycles. The van der Waals surface area contributed by atoms with Crippen LogP contribution >= 0.6 is 11.6 Å². The van der Waals surface area contributed by atoms with Gasteiger partial charge in [-0.1, -0.05) is 11.6 Å². The van der Waals surface area contributed by atoms with Crippen LogP contribution in [0.3, 0.4) is 0 Å². The molecule has 1 atom stereocenters. The fourth-order valence-corrected chi connectivity index (χ4v) is 2.22. The van der Waals surface area contributed by atoms with E-state index >= 15 is 0 Å². The van der Waals surface area contributed by atoms with Gasteiger partial charge >= 0.3 is 0 Å². The van der Waals surface area contributed by atoms with E-state index in [0.29, 0.717) is 11.7 Å². The molecule has 0 amide bonds. The molecule has 6 heteroatoms. The first-order valence-corrected chi connectivity index (χ1v) is 5.74. The van der Waals surface area contributed by atoms with Crippen LogP contribution in [0.5, 0.6) is 0 Å². The van der Waals surface area contributed by atoms with Gasteiger partial charge in [0.05, 0.1) is 11.9 Å². The van der Waals surface area contributed by atoms with E-state index in [0.717, 1.165) is 13.1 Å². The maximum Gasteiger partial charge on any atom is 0.285 e. The molecular formula is C10H15ClN4O. The Bertz CT molecular complexity index is 414. The molecule has 16 heavy (non-hydrogen) atoms. The smallest absolute Gasteiger partial charge is 0.285 e. The summed E-state index contributed by atoms with van der Waals surface area (Å²) in [6.07, 6.45) is 3.96. The van der Waals surface area contributed by atoms with Gasteiger partial charge in [0.2, 0.25) is 0 Å². The number of aromatic amines is 1. The summed E-state index contributed by atoms with van der Waals surface area (Å²) in [6.45, 7) is 1.91. The predicted octanol–water partition coefficient (Wildman–Crippen LogP) is 0.611. The maximum atomic E-state index is 11.3. The lowest BCUT2D eigenvalue weighted by Crippen LogP contribution is -2.36. The van der Waals surface area contributed by atoms with Gasteiger partial charge in [0.1, 0.15) is 5.02 Å². The summed E-state index contributed by atoms with van der Waals surface area (Å²) in [6, 6.07) is 0.473. The van der Waals surface area contributed by atoms with Crippen molar-refractivity contribution >= 4 is 17.3 Å². The van der Waals surface area contributed by atoms with Crippen LogP contribution in [-0.2, 0) is 0 Å². The molecule has 1 aromatic heterocycles. The molecule has 1 saturated heterocycles. The van der Waals surface area contributed by atoms with E-state index in [1.165, 1.54) is 12.8 Å². The molecule has 2 N–H and O–H groups in total. The molecule has 1 aliphatic heterocycles. The molecule has 88 valence electrons. The molecule has 1 aromatic rings. The third-order valence-electron chi connectivity index (χ3n) is 2.85. The summed E-state index contributed by atoms with van der Waals surface area (Å²) in [5, 5.41) is 9.67. The molecule has 2 rings (SSSR count). The summed E-state index contributed by atoms with van der Waals surface area (Å²) in [5.74, 6) is 0. The van der Waals surface area contributed by atoms with Gasteiger partial charge in [0, 0.05) is 19.6 Å². The Labute approximate surface area is 98.8 Å². The van der Waals surface area contributed by atoms with Gasteiger partial charge in [-0.3, -0.25) is 4.79 Å². The number of nitrogens with zero attached hydrogens (tertiary/aromatic N) is 2. The highest BCUT2D eigenvalue weighted by Gasteiger charge is 2.18. The Kier molecular flexibility index (Phi) is 3.46. The lowest BCUT2D eigenvalue weighted by Gasteiger charge is -2.23. The second-order valence-corrected chi connectivity index (χ2v) is 4.45. The van der Waals surface area contributed by atoms with Crippen LogP contribution in [0.15, 0.2) is 11.0 Å². The summed E-state index contributed by atoms with van der Waals surface area (Å²) < 4.78 is 0. The number of aromatic nitrogens is 2. The van der Waals surface area contributed by atoms with E-state index in [9.17, 15) is 4.79 Å². The van der Waals surface area contributed by atoms with E-state index in [2.05, 4.69) is 15.5 Å². The number of rotatable bonds is 3. The zero-order chi connectivity index (χ0) is 11.5. The highest BCUT2D eigenvalue weighted by molar-refractivity contribution is 6.32. The van der Waals surface area contributed by atoms with Crippen LogP contribution in [0.4, 0.5) is 5.69 Å². The van der Waals surface area contributed by atoms with Gasteiger partial charge < -0.3 is 10.2 Å². The number of hydrogen-bond donors (Lipinski definition) is 2. The van der Waals surface area contributed by atoms with E-state index in [-0.39, 0.29) is 10.6 Å². The third-order valence-corrected chi connectivity index (χ3v) is 3.21. The molecular weight excluding hydrogens is 228 g/mol. The molecule has 1 aliphatic rings. The van der Waals surface area contributed by atoms with Crippen molar-refractivity contribution in [1.29, 1.82) is 0 Å². The van der Waals surface area contributed by atoms with Crippen molar-refractivity contribution in [1.82, 2.24) is 15.5 Å². The largest absolute Gasteiger partial charge is 0.370 e. The van der Waals surface area contributed by atoms with E-state index in [1.54, 1.807) is 6.20 Å². The van der Waals surface area contributed by atoms with Crippen molar-refractivity contribution in [2.45, 2.75) is 18.9 Å². The van der Waals surface area contributed by atoms with E-state index < -0.39 is 0 Å². The first-order valence-electron chi connectivity index (χ1n) is 5.36. The summed E-state index contributed by atoms with van der Waals surface area (Å²) >= 11 is 5.93. The van der Waals surface area contributed by atoms with Gasteiger partial charge in [-0.15, -0.1) is 0 Å². The Morgan fingerprint density at radius 1 is 1.69 bits per heavy atom. The standard InChI is InChI=1S/C10H15ClN4O/c1-15(6-7-3-2-4-12-7)8-5-13-14-10(16)9(8)11/h5,7,12H,2-4,6H2,1H3,(H,14,16). The Morgan fingerprint density at radius 3 is 3.19 bits per heavy atom. The number of H-pyrrole nitrogens is 1. The van der Waals surface area contributed by atoms with Crippen molar-refractivity contribution in [2.24, 2.45) is 0 Å². The topological polar surface area (TPSA) is 61.0 Å². The van der Waals surface area contributed by atoms with Crippen LogP contribution in [0.1, 0.15) is 12.8 Å². The molecule has 1 unspecified atom stereocenters. The molecule has 0 aromatic carbocycles. The minimum absolute atomic E-state index is 0.204. The SMILES string of the molecule is CN(CC1CCCN1)c1cn[nH]c(=O)c1Cl. The quantitative estimate of drug-likeness (QED) is 0.816. The molecule has 0 radical (unpaired) electrons. The third kappa shape index (κ3) is 2.36. The summed E-state index contributed by atoms with van der Waals surface area (Å²) in [7, 11) is 1.92. The first-order chi connectivity index (χ1) is 7.68. The molecule has 0 spiro atoms. The van der Waals surface area contributed by atoms with Gasteiger partial charge in [-0.2, -0.15) is 5.10 Å². The van der Waals surface area contributed by atoms with Crippen LogP contribution in [0.2, 0.25) is 5.02 Å². The number of anilines is 1. The molecule has 0 aliphatic carbocycles. The van der Waals surface area contributed by atoms with Crippen molar-refractivity contribution in [3.63, 3.8) is 0 Å². The highest BCUT2D eigenvalue weighted by Crippen LogP contribution is 2.20. The average molecular weight is 243 g/mol. The van der Waals surface area contributed by atoms with Crippen molar-refractivity contribution in [3.05, 3.63) is 21.6 Å². The fourth-order valence-electron chi connectivity index (χ4n) is 1.98. The Hall–Kier alpha value is -1.07. The van der Waals surface area contributed by atoms with Gasteiger partial charge in [-0.25, -0.2) is 5.10 Å². The van der Waals surface area contributed by atoms with Crippen LogP contribution in [0.25, 0.3) is 0 Å². The first kappa shape index (κ1) is 11.4. The summed E-state index contributed by atoms with van der Waals surface area (Å²) in [5.41, 5.74) is 0.338. The van der Waals surface area contributed by atoms with Gasteiger partial charge in [0.25, 0.3) is 5.56 Å². The highest BCUT2D eigenvalue weighted by atomic mass is 35.5. The second-order valence-electron chi connectivity index (χ2n) is 4.07. The Morgan fingerprint density at radius 2 is 2.50 bits per heavy atom. The molecule has 1 fully saturated rings. The van der Waals surface area contributed by atoms with Crippen LogP contribution in [-0.4, -0.2) is 36.4 Å². The minimum Gasteiger partial charge on any atom is -0.370 e. The predicted molar refractivity (Wildman–Crippen MR) is 64.2 cm³/mol. The maximum absolute atomic E-state index is 11.3. The van der Waals surface area contributed by atoms with Crippen LogP contribution in [0, 0.1) is 0 Å². The Balaban J connectivity index is 2.10. The number of nitrogens with one attached hydrogen (secondary N) is 2. The van der Waals surface area contributed by atoms with E-state index in [4.69, 9.17) is 11.6 Å². The average Bonchev–Trinajstić information content (AvgIpc) is 2.74. The van der Waals surface area contributed by atoms with Gasteiger partial charge in [0.15, 0.2) is 0 Å². The second kappa shape index (κ2) is 4.84. The minimum atomic E-state index is -0.342. The normalized spacial score (nSPS) is 20.0. The van der Waals surface area contributed by atoms with Crippen molar-refractivity contribution in [2.75, 3.05) is 25.0 Å². The number of halogens is 1. The van der Waals surface area contributed by atoms with Crippen LogP contribution < -0.4 is 15.8 Å². The van der Waals surface area contributed by atoms with Crippen molar-refractivity contribution < 1.29 is 0 Å². The van der Waals surface area contributed by atoms with E-state index in [1.807, 2.05) is 11.9 Å². The van der Waals surface area contributed by atoms with Gasteiger partial charge in [-0.05, 0) is 19.4 Å². The lowest BCUT2D eigenvalue weighted by molar-refractivity contribution is 0.599. The lowest BCUT2D eigenvalue weighted by atomic mass is 10.2. The monoisotopic (exact) mass is 242 g/mol. The molecule has 5 nitrogen and oxygen atoms in total. The fraction of sp³-hybridized carbons (Fsp3) is 0.600. The number of likely N-dealkylation sites (N-methyl/N-ethyl adjacent to an activating group) is 1. The van der Waals surface area contributed by atoms with Crippen molar-refractivity contribution in [3.8, 4) is 0 Å².